The molecule has 0 aromatic rings. The highest BCUT2D eigenvalue weighted by Gasteiger charge is 2.26. The number of ketones is 2. The summed E-state index contributed by atoms with van der Waals surface area (Å²) in [5.41, 5.74) is 5.62. The summed E-state index contributed by atoms with van der Waals surface area (Å²) >= 11 is 0. The summed E-state index contributed by atoms with van der Waals surface area (Å²) in [5, 5.41) is 0. The van der Waals surface area contributed by atoms with Gasteiger partial charge in [-0.15, -0.1) is 0 Å². The molecule has 0 saturated heterocycles. The van der Waals surface area contributed by atoms with Crippen molar-refractivity contribution in [1.29, 1.82) is 0 Å². The molecule has 0 fully saturated rings. The molecule has 0 radical (unpaired) electrons. The first-order chi connectivity index (χ1) is 12.5. The van der Waals surface area contributed by atoms with Crippen LogP contribution in [-0.4, -0.2) is 11.6 Å². The highest BCUT2D eigenvalue weighted by molar-refractivity contribution is 6.18. The maximum Gasteiger partial charge on any atom is 0.163 e. The van der Waals surface area contributed by atoms with E-state index in [1.807, 2.05) is 19.1 Å². The van der Waals surface area contributed by atoms with Gasteiger partial charge < -0.3 is 0 Å². The van der Waals surface area contributed by atoms with Crippen LogP contribution >= 0.6 is 0 Å². The minimum absolute atomic E-state index is 0.202. The van der Waals surface area contributed by atoms with E-state index in [1.54, 1.807) is 12.2 Å². The third kappa shape index (κ3) is 7.50. The molecule has 2 nitrogen and oxygen atoms in total. The van der Waals surface area contributed by atoms with E-state index in [0.717, 1.165) is 5.57 Å². The Morgan fingerprint density at radius 2 is 1.48 bits per heavy atom. The van der Waals surface area contributed by atoms with E-state index in [1.165, 1.54) is 49.8 Å². The van der Waals surface area contributed by atoms with Crippen molar-refractivity contribution in [3.05, 3.63) is 70.4 Å². The molecule has 27 heavy (non-hydrogen) atoms. The van der Waals surface area contributed by atoms with Gasteiger partial charge in [-0.3, -0.25) is 9.59 Å². The summed E-state index contributed by atoms with van der Waals surface area (Å²) in [7, 11) is 0. The minimum Gasteiger partial charge on any atom is -0.294 e. The van der Waals surface area contributed by atoms with Gasteiger partial charge in [0.15, 0.2) is 11.6 Å². The summed E-state index contributed by atoms with van der Waals surface area (Å²) in [5.74, 6) is -0.404. The Balaban J connectivity index is 2.84. The number of allylic oxidation sites excluding steroid dienone is 12. The smallest absolute Gasteiger partial charge is 0.163 e. The van der Waals surface area contributed by atoms with Crippen LogP contribution in [0.4, 0.5) is 0 Å². The van der Waals surface area contributed by atoms with Gasteiger partial charge in [0.05, 0.1) is 5.57 Å². The molecular weight excluding hydrogens is 332 g/mol. The minimum atomic E-state index is -0.202. The van der Waals surface area contributed by atoms with E-state index >= 15 is 0 Å². The topological polar surface area (TPSA) is 34.1 Å². The molecule has 0 unspecified atom stereocenters. The lowest BCUT2D eigenvalue weighted by Crippen LogP contribution is -2.19. The predicted octanol–water partition coefficient (Wildman–Crippen LogP) is 6.62. The Morgan fingerprint density at radius 1 is 0.889 bits per heavy atom. The Hall–Kier alpha value is -2.22. The highest BCUT2D eigenvalue weighted by atomic mass is 16.1. The van der Waals surface area contributed by atoms with Crippen LogP contribution in [0.1, 0.15) is 67.7 Å². The van der Waals surface area contributed by atoms with Crippen molar-refractivity contribution >= 4 is 11.6 Å². The largest absolute Gasteiger partial charge is 0.294 e. The number of Topliss-reactive ketones (excluding diaryl/α,β-unsaturated/α-hetero) is 2. The summed E-state index contributed by atoms with van der Waals surface area (Å²) in [6.45, 7) is 13.8. The van der Waals surface area contributed by atoms with Crippen molar-refractivity contribution in [2.75, 3.05) is 0 Å². The summed E-state index contributed by atoms with van der Waals surface area (Å²) in [4.78, 5) is 22.8. The molecule has 1 aliphatic rings. The molecule has 0 heterocycles. The first-order valence-corrected chi connectivity index (χ1v) is 9.68. The second kappa shape index (κ2) is 10.2. The van der Waals surface area contributed by atoms with E-state index in [2.05, 4.69) is 45.9 Å². The second-order valence-electron chi connectivity index (χ2n) is 8.14. The molecule has 146 valence electrons. The Bertz CT molecular complexity index is 746. The van der Waals surface area contributed by atoms with Gasteiger partial charge >= 0.3 is 0 Å². The molecule has 0 aromatic heterocycles. The third-order valence-corrected chi connectivity index (χ3v) is 5.05. The standard InChI is InChI=1S/C25H34O2/c1-18(13-15-23(21(4)26)22(5)27)10-8-11-19(2)14-16-24-20(3)12-9-17-25(24,6)7/h8,10-11,13-16H,9,12,17H2,1-7H3/b10-8+,16-14+,18-13+,19-11+. The zero-order chi connectivity index (χ0) is 20.6. The zero-order valence-corrected chi connectivity index (χ0v) is 18.0. The van der Waals surface area contributed by atoms with Crippen LogP contribution in [0.15, 0.2) is 70.4 Å². The maximum absolute atomic E-state index is 11.4. The Kier molecular flexibility index (Phi) is 8.62. The van der Waals surface area contributed by atoms with Crippen molar-refractivity contribution < 1.29 is 9.59 Å². The number of hydrogen-bond donors (Lipinski definition) is 0. The molecule has 1 rings (SSSR count). The third-order valence-electron chi connectivity index (χ3n) is 5.05. The van der Waals surface area contributed by atoms with Gasteiger partial charge in [0.2, 0.25) is 0 Å². The average Bonchev–Trinajstić information content (AvgIpc) is 2.53. The lowest BCUT2D eigenvalue weighted by atomic mass is 9.72. The fourth-order valence-corrected chi connectivity index (χ4v) is 3.39. The van der Waals surface area contributed by atoms with Crippen LogP contribution < -0.4 is 0 Å². The van der Waals surface area contributed by atoms with Crippen LogP contribution in [0, 0.1) is 5.41 Å². The first-order valence-electron chi connectivity index (χ1n) is 9.68. The molecule has 0 atom stereocenters. The SMILES string of the molecule is CC(=O)C(=C/C=C(C)/C=C/C=C(C)/C=C/C1=C(C)CCCC1(C)C)C(C)=O. The molecule has 1 aliphatic carbocycles. The van der Waals surface area contributed by atoms with Crippen LogP contribution in [0.2, 0.25) is 0 Å². The quantitative estimate of drug-likeness (QED) is 0.219. The summed E-state index contributed by atoms with van der Waals surface area (Å²) < 4.78 is 0. The van der Waals surface area contributed by atoms with Gasteiger partial charge in [0.1, 0.15) is 0 Å². The van der Waals surface area contributed by atoms with E-state index in [4.69, 9.17) is 0 Å². The number of hydrogen-bond acceptors (Lipinski definition) is 2. The molecular formula is C25H34O2. The zero-order valence-electron chi connectivity index (χ0n) is 18.0. The van der Waals surface area contributed by atoms with Crippen LogP contribution in [-0.2, 0) is 9.59 Å². The van der Waals surface area contributed by atoms with Gasteiger partial charge in [0, 0.05) is 0 Å². The van der Waals surface area contributed by atoms with Crippen molar-refractivity contribution in [2.45, 2.75) is 67.7 Å². The Morgan fingerprint density at radius 3 is 2.04 bits per heavy atom. The normalized spacial score (nSPS) is 18.3. The number of rotatable bonds is 7. The predicted molar refractivity (Wildman–Crippen MR) is 116 cm³/mol. The number of carbonyl (C=O) groups excluding carboxylic acids is 2. The average molecular weight is 367 g/mol. The molecule has 0 N–H and O–H groups in total. The first kappa shape index (κ1) is 22.8. The van der Waals surface area contributed by atoms with Crippen LogP contribution in [0.5, 0.6) is 0 Å². The summed E-state index contributed by atoms with van der Waals surface area (Å²) in [6.07, 6.45) is 17.6. The van der Waals surface area contributed by atoms with Crippen LogP contribution in [0.25, 0.3) is 0 Å². The van der Waals surface area contributed by atoms with Crippen molar-refractivity contribution in [1.82, 2.24) is 0 Å². The fourth-order valence-electron chi connectivity index (χ4n) is 3.39. The summed E-state index contributed by atoms with van der Waals surface area (Å²) in [6, 6.07) is 0. The lowest BCUT2D eigenvalue weighted by Gasteiger charge is -2.32. The highest BCUT2D eigenvalue weighted by Crippen LogP contribution is 2.40. The van der Waals surface area contributed by atoms with Gasteiger partial charge in [0.25, 0.3) is 0 Å². The lowest BCUT2D eigenvalue weighted by molar-refractivity contribution is -0.119. The van der Waals surface area contributed by atoms with Gasteiger partial charge in [-0.05, 0) is 70.9 Å². The maximum atomic E-state index is 11.4. The molecule has 0 bridgehead atoms. The molecule has 0 saturated carbocycles. The van der Waals surface area contributed by atoms with Gasteiger partial charge in [-0.2, -0.15) is 0 Å². The number of carbonyl (C=O) groups is 2. The van der Waals surface area contributed by atoms with E-state index in [0.29, 0.717) is 0 Å². The van der Waals surface area contributed by atoms with E-state index in [-0.39, 0.29) is 22.6 Å². The van der Waals surface area contributed by atoms with E-state index < -0.39 is 0 Å². The molecule has 2 heteroatoms. The second-order valence-corrected chi connectivity index (χ2v) is 8.14. The van der Waals surface area contributed by atoms with Gasteiger partial charge in [-0.1, -0.05) is 67.0 Å². The van der Waals surface area contributed by atoms with E-state index in [9.17, 15) is 9.59 Å². The van der Waals surface area contributed by atoms with Crippen molar-refractivity contribution in [3.8, 4) is 0 Å². The molecule has 0 spiro atoms. The Labute approximate surface area is 165 Å². The van der Waals surface area contributed by atoms with Crippen molar-refractivity contribution in [3.63, 3.8) is 0 Å². The monoisotopic (exact) mass is 366 g/mol. The molecule has 0 aromatic carbocycles. The van der Waals surface area contributed by atoms with Crippen molar-refractivity contribution in [2.24, 2.45) is 5.41 Å². The molecule has 0 amide bonds. The van der Waals surface area contributed by atoms with Gasteiger partial charge in [-0.25, -0.2) is 0 Å². The fraction of sp³-hybridized carbons (Fsp3) is 0.440. The van der Waals surface area contributed by atoms with Crippen LogP contribution in [0.3, 0.4) is 0 Å². The molecule has 0 aliphatic heterocycles.